The third-order valence-electron chi connectivity index (χ3n) is 3.05. The SMILES string of the molecule is O=C1NC(=O)[C@@]2(CCc3ccccc32)O1. The van der Waals surface area contributed by atoms with Gasteiger partial charge in [-0.05, 0) is 12.0 Å². The van der Waals surface area contributed by atoms with Gasteiger partial charge < -0.3 is 4.74 Å². The van der Waals surface area contributed by atoms with Gasteiger partial charge in [0.15, 0.2) is 0 Å². The monoisotopic (exact) mass is 203 g/mol. The molecule has 1 spiro atoms. The van der Waals surface area contributed by atoms with Gasteiger partial charge in [-0.15, -0.1) is 0 Å². The number of amides is 2. The Morgan fingerprint density at radius 3 is 2.80 bits per heavy atom. The minimum atomic E-state index is -1.05. The minimum absolute atomic E-state index is 0.336. The van der Waals surface area contributed by atoms with Crippen molar-refractivity contribution in [2.45, 2.75) is 18.4 Å². The normalized spacial score (nSPS) is 27.7. The number of benzene rings is 1. The Morgan fingerprint density at radius 1 is 1.27 bits per heavy atom. The molecule has 4 nitrogen and oxygen atoms in total. The number of fused-ring (bicyclic) bond motifs is 2. The standard InChI is InChI=1S/C11H9NO3/c13-9-11(15-10(14)12-9)6-5-7-3-1-2-4-8(7)11/h1-4H,5-6H2,(H,12,13,14)/t11-/m0/s1. The van der Waals surface area contributed by atoms with Crippen LogP contribution in [-0.2, 0) is 21.6 Å². The molecule has 0 radical (unpaired) electrons. The predicted molar refractivity (Wildman–Crippen MR) is 51.1 cm³/mol. The lowest BCUT2D eigenvalue weighted by molar-refractivity contribution is -0.131. The largest absolute Gasteiger partial charge is 0.427 e. The Kier molecular flexibility index (Phi) is 1.46. The summed E-state index contributed by atoms with van der Waals surface area (Å²) in [5.41, 5.74) is 0.865. The van der Waals surface area contributed by atoms with E-state index in [0.29, 0.717) is 6.42 Å². The molecule has 1 heterocycles. The summed E-state index contributed by atoms with van der Waals surface area (Å²) in [6.45, 7) is 0. The van der Waals surface area contributed by atoms with Crippen LogP contribution in [0.2, 0.25) is 0 Å². The number of alkyl carbamates (subject to hydrolysis) is 1. The minimum Gasteiger partial charge on any atom is -0.427 e. The van der Waals surface area contributed by atoms with Gasteiger partial charge in [0.2, 0.25) is 5.60 Å². The molecule has 0 unspecified atom stereocenters. The van der Waals surface area contributed by atoms with Crippen LogP contribution in [0.5, 0.6) is 0 Å². The molecule has 2 aliphatic rings. The highest BCUT2D eigenvalue weighted by atomic mass is 16.6. The summed E-state index contributed by atoms with van der Waals surface area (Å²) in [5, 5.41) is 2.19. The zero-order chi connectivity index (χ0) is 10.5. The number of nitrogens with one attached hydrogen (secondary N) is 1. The summed E-state index contributed by atoms with van der Waals surface area (Å²) in [6, 6.07) is 7.59. The van der Waals surface area contributed by atoms with E-state index < -0.39 is 11.7 Å². The average molecular weight is 203 g/mol. The first-order chi connectivity index (χ1) is 7.22. The molecule has 1 fully saturated rings. The molecule has 0 aromatic heterocycles. The fraction of sp³-hybridized carbons (Fsp3) is 0.273. The fourth-order valence-electron chi connectivity index (χ4n) is 2.34. The maximum atomic E-state index is 11.7. The van der Waals surface area contributed by atoms with E-state index in [-0.39, 0.29) is 5.91 Å². The van der Waals surface area contributed by atoms with Gasteiger partial charge >= 0.3 is 6.09 Å². The smallest absolute Gasteiger partial charge is 0.415 e. The lowest BCUT2D eigenvalue weighted by Gasteiger charge is -2.19. The number of carbonyl (C=O) groups is 2. The topological polar surface area (TPSA) is 55.4 Å². The molecule has 15 heavy (non-hydrogen) atoms. The maximum absolute atomic E-state index is 11.7. The molecular formula is C11H9NO3. The van der Waals surface area contributed by atoms with Crippen molar-refractivity contribution in [1.82, 2.24) is 5.32 Å². The summed E-state index contributed by atoms with van der Waals surface area (Å²) in [6.07, 6.45) is 0.678. The Bertz CT molecular complexity index is 469. The summed E-state index contributed by atoms with van der Waals surface area (Å²) in [5.74, 6) is -0.336. The van der Waals surface area contributed by atoms with Crippen LogP contribution < -0.4 is 5.32 Å². The van der Waals surface area contributed by atoms with E-state index in [4.69, 9.17) is 4.74 Å². The first kappa shape index (κ1) is 8.47. The van der Waals surface area contributed by atoms with Crippen LogP contribution in [0.25, 0.3) is 0 Å². The van der Waals surface area contributed by atoms with E-state index >= 15 is 0 Å². The molecule has 1 aliphatic carbocycles. The third-order valence-corrected chi connectivity index (χ3v) is 3.05. The summed E-state index contributed by atoms with van der Waals surface area (Å²) in [4.78, 5) is 22.8. The van der Waals surface area contributed by atoms with Crippen molar-refractivity contribution >= 4 is 12.0 Å². The van der Waals surface area contributed by atoms with E-state index in [1.54, 1.807) is 0 Å². The van der Waals surface area contributed by atoms with Gasteiger partial charge in [-0.1, -0.05) is 24.3 Å². The molecule has 1 aliphatic heterocycles. The second-order valence-corrected chi connectivity index (χ2v) is 3.83. The molecule has 3 rings (SSSR count). The van der Waals surface area contributed by atoms with Crippen molar-refractivity contribution in [3.8, 4) is 0 Å². The van der Waals surface area contributed by atoms with Crippen molar-refractivity contribution in [2.24, 2.45) is 0 Å². The summed E-state index contributed by atoms with van der Waals surface area (Å²) in [7, 11) is 0. The van der Waals surface area contributed by atoms with Gasteiger partial charge in [0.25, 0.3) is 5.91 Å². The number of imide groups is 1. The highest BCUT2D eigenvalue weighted by Crippen LogP contribution is 2.42. The fourth-order valence-corrected chi connectivity index (χ4v) is 2.34. The van der Waals surface area contributed by atoms with Gasteiger partial charge in [0, 0.05) is 12.0 Å². The Balaban J connectivity index is 2.17. The van der Waals surface area contributed by atoms with E-state index in [1.807, 2.05) is 24.3 Å². The number of carbonyl (C=O) groups excluding carboxylic acids is 2. The van der Waals surface area contributed by atoms with Crippen LogP contribution in [0, 0.1) is 0 Å². The van der Waals surface area contributed by atoms with Crippen molar-refractivity contribution < 1.29 is 14.3 Å². The molecule has 76 valence electrons. The molecule has 0 saturated carbocycles. The van der Waals surface area contributed by atoms with Crippen LogP contribution in [0.15, 0.2) is 24.3 Å². The lowest BCUT2D eigenvalue weighted by atomic mass is 9.95. The molecule has 2 amide bonds. The van der Waals surface area contributed by atoms with Crippen molar-refractivity contribution in [1.29, 1.82) is 0 Å². The lowest BCUT2D eigenvalue weighted by Crippen LogP contribution is -2.34. The summed E-state index contributed by atoms with van der Waals surface area (Å²) >= 11 is 0. The highest BCUT2D eigenvalue weighted by molar-refractivity contribution is 6.04. The highest BCUT2D eigenvalue weighted by Gasteiger charge is 2.53. The van der Waals surface area contributed by atoms with Crippen LogP contribution in [-0.4, -0.2) is 12.0 Å². The quantitative estimate of drug-likeness (QED) is 0.686. The molecule has 1 N–H and O–H groups in total. The first-order valence-corrected chi connectivity index (χ1v) is 4.85. The van der Waals surface area contributed by atoms with Crippen molar-refractivity contribution in [2.75, 3.05) is 0 Å². The third kappa shape index (κ3) is 0.960. The predicted octanol–water partition coefficient (Wildman–Crippen LogP) is 1.09. The molecule has 0 bridgehead atoms. The van der Waals surface area contributed by atoms with Crippen LogP contribution in [0.3, 0.4) is 0 Å². The van der Waals surface area contributed by atoms with Crippen LogP contribution in [0.4, 0.5) is 4.79 Å². The molecule has 1 aromatic rings. The van der Waals surface area contributed by atoms with Gasteiger partial charge in [-0.25, -0.2) is 4.79 Å². The van der Waals surface area contributed by atoms with Gasteiger partial charge in [0.05, 0.1) is 0 Å². The van der Waals surface area contributed by atoms with Crippen LogP contribution in [0.1, 0.15) is 17.5 Å². The Hall–Kier alpha value is -1.84. The van der Waals surface area contributed by atoms with Crippen molar-refractivity contribution in [3.63, 3.8) is 0 Å². The van der Waals surface area contributed by atoms with Gasteiger partial charge in [-0.3, -0.25) is 10.1 Å². The Morgan fingerprint density at radius 2 is 2.07 bits per heavy atom. The second-order valence-electron chi connectivity index (χ2n) is 3.83. The summed E-state index contributed by atoms with van der Waals surface area (Å²) < 4.78 is 5.15. The van der Waals surface area contributed by atoms with E-state index in [0.717, 1.165) is 17.5 Å². The zero-order valence-corrected chi connectivity index (χ0v) is 7.95. The van der Waals surface area contributed by atoms with Crippen LogP contribution >= 0.6 is 0 Å². The molecular weight excluding hydrogens is 194 g/mol. The first-order valence-electron chi connectivity index (χ1n) is 4.85. The van der Waals surface area contributed by atoms with Gasteiger partial charge in [-0.2, -0.15) is 0 Å². The zero-order valence-electron chi connectivity index (χ0n) is 7.95. The molecule has 1 aromatic carbocycles. The average Bonchev–Trinajstić information content (AvgIpc) is 2.72. The van der Waals surface area contributed by atoms with Crippen molar-refractivity contribution in [3.05, 3.63) is 35.4 Å². The van der Waals surface area contributed by atoms with Gasteiger partial charge in [0.1, 0.15) is 0 Å². The van der Waals surface area contributed by atoms with E-state index in [2.05, 4.69) is 5.32 Å². The number of ether oxygens (including phenoxy) is 1. The second kappa shape index (κ2) is 2.59. The number of hydrogen-bond donors (Lipinski definition) is 1. The molecule has 4 heteroatoms. The van der Waals surface area contributed by atoms with E-state index in [1.165, 1.54) is 0 Å². The molecule has 1 saturated heterocycles. The maximum Gasteiger partial charge on any atom is 0.415 e. The van der Waals surface area contributed by atoms with E-state index in [9.17, 15) is 9.59 Å². The Labute approximate surface area is 86.2 Å². The number of hydrogen-bond acceptors (Lipinski definition) is 3. The molecule has 1 atom stereocenters. The number of aryl methyl sites for hydroxylation is 1. The number of rotatable bonds is 0.